The molecule has 150 valence electrons. The number of carbonyl (C=O) groups is 2. The van der Waals surface area contributed by atoms with Gasteiger partial charge in [0.15, 0.2) is 17.2 Å². The Morgan fingerprint density at radius 3 is 2.55 bits per heavy atom. The van der Waals surface area contributed by atoms with Gasteiger partial charge in [-0.25, -0.2) is 9.79 Å². The van der Waals surface area contributed by atoms with Gasteiger partial charge in [-0.15, -0.1) is 0 Å². The van der Waals surface area contributed by atoms with Crippen LogP contribution in [0.5, 0.6) is 11.5 Å². The van der Waals surface area contributed by atoms with Crippen molar-refractivity contribution in [2.24, 2.45) is 10.9 Å². The second kappa shape index (κ2) is 8.68. The summed E-state index contributed by atoms with van der Waals surface area (Å²) < 4.78 is 15.8. The molecule has 2 aromatic rings. The summed E-state index contributed by atoms with van der Waals surface area (Å²) in [4.78, 5) is 28.3. The Kier molecular flexibility index (Phi) is 6.25. The van der Waals surface area contributed by atoms with Crippen molar-refractivity contribution in [3.8, 4) is 11.5 Å². The van der Waals surface area contributed by atoms with Crippen LogP contribution in [-0.4, -0.2) is 24.9 Å². The average molecular weight is 434 g/mol. The second-order valence-electron chi connectivity index (χ2n) is 6.45. The van der Waals surface area contributed by atoms with Crippen LogP contribution in [0.25, 0.3) is 6.08 Å². The Morgan fingerprint density at radius 2 is 1.90 bits per heavy atom. The van der Waals surface area contributed by atoms with E-state index in [0.717, 1.165) is 0 Å². The first-order chi connectivity index (χ1) is 13.8. The number of carbonyl (C=O) groups excluding carboxylic acids is 2. The lowest BCUT2D eigenvalue weighted by Crippen LogP contribution is -2.15. The maximum absolute atomic E-state index is 12.2. The number of ether oxygens (including phenoxy) is 3. The van der Waals surface area contributed by atoms with Gasteiger partial charge in [-0.2, -0.15) is 0 Å². The number of hydrogen-bond acceptors (Lipinski definition) is 6. The minimum Gasteiger partial charge on any atom is -0.493 e. The van der Waals surface area contributed by atoms with Crippen molar-refractivity contribution < 1.29 is 23.8 Å². The molecule has 0 aromatic heterocycles. The average Bonchev–Trinajstić information content (AvgIpc) is 3.02. The first-order valence-corrected chi connectivity index (χ1v) is 9.42. The summed E-state index contributed by atoms with van der Waals surface area (Å²) in [5.74, 6) is -0.521. The lowest BCUT2D eigenvalue weighted by atomic mass is 10.1. The fraction of sp³-hybridized carbons (Fsp3) is 0.190. The van der Waals surface area contributed by atoms with Crippen LogP contribution in [0.3, 0.4) is 0 Å². The largest absolute Gasteiger partial charge is 0.493 e. The molecule has 0 saturated carbocycles. The monoisotopic (exact) mass is 433 g/mol. The molecule has 29 heavy (non-hydrogen) atoms. The van der Waals surface area contributed by atoms with E-state index in [9.17, 15) is 9.59 Å². The van der Waals surface area contributed by atoms with Crippen LogP contribution in [0.1, 0.15) is 25.0 Å². The van der Waals surface area contributed by atoms with Crippen LogP contribution in [0, 0.1) is 5.92 Å². The number of rotatable bonds is 5. The van der Waals surface area contributed by atoms with Gasteiger partial charge in [0.25, 0.3) is 0 Å². The molecule has 3 rings (SSSR count). The summed E-state index contributed by atoms with van der Waals surface area (Å²) in [6.45, 7) is 3.48. The molecule has 0 spiro atoms. The summed E-state index contributed by atoms with van der Waals surface area (Å²) in [6.07, 6.45) is 1.54. The SMILES string of the molecule is COc1cc(/C=C2\N=C(c3ccc(Cl)cc3Cl)OC2=O)ccc1OC(=O)C(C)C. The number of hydrogen-bond donors (Lipinski definition) is 0. The van der Waals surface area contributed by atoms with Crippen LogP contribution >= 0.6 is 23.2 Å². The van der Waals surface area contributed by atoms with Crippen molar-refractivity contribution in [2.75, 3.05) is 7.11 Å². The molecule has 0 N–H and O–H groups in total. The fourth-order valence-corrected chi connectivity index (χ4v) is 2.92. The molecule has 0 aliphatic carbocycles. The highest BCUT2D eigenvalue weighted by Gasteiger charge is 2.26. The minimum atomic E-state index is -0.611. The van der Waals surface area contributed by atoms with Crippen molar-refractivity contribution in [3.05, 3.63) is 63.3 Å². The standard InChI is InChI=1S/C21H17Cl2NO5/c1-11(2)20(25)28-17-7-4-12(9-18(17)27-3)8-16-21(26)29-19(24-16)14-6-5-13(22)10-15(14)23/h4-11H,1-3H3/b16-8-. The molecule has 0 unspecified atom stereocenters. The highest BCUT2D eigenvalue weighted by molar-refractivity contribution is 6.37. The molecular weight excluding hydrogens is 417 g/mol. The summed E-state index contributed by atoms with van der Waals surface area (Å²) in [6, 6.07) is 9.69. The van der Waals surface area contributed by atoms with E-state index in [2.05, 4.69) is 4.99 Å². The lowest BCUT2D eigenvalue weighted by molar-refractivity contribution is -0.137. The zero-order chi connectivity index (χ0) is 21.1. The van der Waals surface area contributed by atoms with Crippen molar-refractivity contribution in [3.63, 3.8) is 0 Å². The Balaban J connectivity index is 1.90. The normalized spacial score (nSPS) is 14.8. The molecule has 0 amide bonds. The number of benzene rings is 2. The third kappa shape index (κ3) is 4.78. The zero-order valence-electron chi connectivity index (χ0n) is 15.9. The number of nitrogens with zero attached hydrogens (tertiary/aromatic N) is 1. The van der Waals surface area contributed by atoms with Crippen LogP contribution in [0.4, 0.5) is 0 Å². The van der Waals surface area contributed by atoms with Crippen LogP contribution in [0.15, 0.2) is 47.1 Å². The highest BCUT2D eigenvalue weighted by Crippen LogP contribution is 2.31. The first-order valence-electron chi connectivity index (χ1n) is 8.66. The maximum Gasteiger partial charge on any atom is 0.363 e. The van der Waals surface area contributed by atoms with Gasteiger partial charge in [-0.1, -0.05) is 43.1 Å². The molecule has 1 heterocycles. The Morgan fingerprint density at radius 1 is 1.14 bits per heavy atom. The van der Waals surface area contributed by atoms with Gasteiger partial charge in [-0.3, -0.25) is 4.79 Å². The van der Waals surface area contributed by atoms with E-state index in [-0.39, 0.29) is 23.5 Å². The Bertz CT molecular complexity index is 1040. The number of methoxy groups -OCH3 is 1. The van der Waals surface area contributed by atoms with E-state index in [1.54, 1.807) is 50.2 Å². The molecule has 8 heteroatoms. The molecule has 0 saturated heterocycles. The summed E-state index contributed by atoms with van der Waals surface area (Å²) in [7, 11) is 1.46. The van der Waals surface area contributed by atoms with Crippen molar-refractivity contribution in [1.82, 2.24) is 0 Å². The first kappa shape index (κ1) is 20.9. The maximum atomic E-state index is 12.2. The predicted molar refractivity (Wildman–Crippen MR) is 111 cm³/mol. The van der Waals surface area contributed by atoms with E-state index in [4.69, 9.17) is 37.4 Å². The lowest BCUT2D eigenvalue weighted by Gasteiger charge is -2.11. The van der Waals surface area contributed by atoms with Crippen molar-refractivity contribution >= 4 is 47.1 Å². The number of aliphatic imine (C=N–C) groups is 1. The van der Waals surface area contributed by atoms with Gasteiger partial charge < -0.3 is 14.2 Å². The topological polar surface area (TPSA) is 74.2 Å². The molecular formula is C21H17Cl2NO5. The molecule has 6 nitrogen and oxygen atoms in total. The summed E-state index contributed by atoms with van der Waals surface area (Å²) in [5, 5.41) is 0.785. The third-order valence-electron chi connectivity index (χ3n) is 3.96. The molecule has 0 fully saturated rings. The van der Waals surface area contributed by atoms with Crippen molar-refractivity contribution in [2.45, 2.75) is 13.8 Å². The van der Waals surface area contributed by atoms with E-state index >= 15 is 0 Å². The molecule has 2 aromatic carbocycles. The quantitative estimate of drug-likeness (QED) is 0.380. The van der Waals surface area contributed by atoms with Crippen LogP contribution in [0.2, 0.25) is 10.0 Å². The summed E-state index contributed by atoms with van der Waals surface area (Å²) in [5.41, 5.74) is 1.17. The van der Waals surface area contributed by atoms with E-state index in [1.807, 2.05) is 0 Å². The van der Waals surface area contributed by atoms with Crippen LogP contribution in [-0.2, 0) is 14.3 Å². The molecule has 1 aliphatic rings. The number of cyclic esters (lactones) is 1. The third-order valence-corrected chi connectivity index (χ3v) is 4.50. The van der Waals surface area contributed by atoms with Gasteiger partial charge in [0, 0.05) is 5.02 Å². The van der Waals surface area contributed by atoms with Crippen LogP contribution < -0.4 is 9.47 Å². The van der Waals surface area contributed by atoms with Gasteiger partial charge in [-0.05, 0) is 42.0 Å². The van der Waals surface area contributed by atoms with E-state index in [0.29, 0.717) is 32.7 Å². The molecule has 0 bridgehead atoms. The Labute approximate surface area is 177 Å². The molecule has 1 aliphatic heterocycles. The van der Waals surface area contributed by atoms with E-state index < -0.39 is 5.97 Å². The van der Waals surface area contributed by atoms with E-state index in [1.165, 1.54) is 13.2 Å². The molecule has 0 atom stereocenters. The number of esters is 2. The zero-order valence-corrected chi connectivity index (χ0v) is 17.4. The predicted octanol–water partition coefficient (Wildman–Crippen LogP) is 4.91. The van der Waals surface area contributed by atoms with Gasteiger partial charge >= 0.3 is 11.9 Å². The minimum absolute atomic E-state index is 0.0948. The highest BCUT2D eigenvalue weighted by atomic mass is 35.5. The van der Waals surface area contributed by atoms with Gasteiger partial charge in [0.2, 0.25) is 5.90 Å². The smallest absolute Gasteiger partial charge is 0.363 e. The van der Waals surface area contributed by atoms with Gasteiger partial charge in [0.05, 0.1) is 23.6 Å². The number of halogens is 2. The summed E-state index contributed by atoms with van der Waals surface area (Å²) >= 11 is 12.0. The van der Waals surface area contributed by atoms with Crippen molar-refractivity contribution in [1.29, 1.82) is 0 Å². The molecule has 0 radical (unpaired) electrons. The fourth-order valence-electron chi connectivity index (χ4n) is 2.43. The Hall–Kier alpha value is -2.83. The van der Waals surface area contributed by atoms with Gasteiger partial charge in [0.1, 0.15) is 0 Å². The second-order valence-corrected chi connectivity index (χ2v) is 7.29.